The van der Waals surface area contributed by atoms with Crippen molar-refractivity contribution in [3.8, 4) is 5.88 Å². The molecule has 34 heavy (non-hydrogen) atoms. The van der Waals surface area contributed by atoms with E-state index in [0.29, 0.717) is 17.7 Å². The SMILES string of the molecule is C/C=C1/C(N)CC(C)CC1Cc1nc(OC(=O)CC2=NC3C=CC(C)=CC3S2)ccc1C.CC. The maximum absolute atomic E-state index is 12.6. The molecule has 2 N–H and O–H groups in total. The molecule has 2 aliphatic carbocycles. The minimum atomic E-state index is -0.315. The Balaban J connectivity index is 0.00000158. The third kappa shape index (κ3) is 6.48. The molecule has 5 atom stereocenters. The molecule has 2 heterocycles. The van der Waals surface area contributed by atoms with Crippen LogP contribution in [-0.4, -0.2) is 33.3 Å². The number of ether oxygens (including phenoxy) is 1. The highest BCUT2D eigenvalue weighted by molar-refractivity contribution is 8.15. The van der Waals surface area contributed by atoms with Gasteiger partial charge < -0.3 is 10.5 Å². The Bertz CT molecular complexity index is 1010. The van der Waals surface area contributed by atoms with Gasteiger partial charge in [-0.2, -0.15) is 0 Å². The van der Waals surface area contributed by atoms with E-state index in [-0.39, 0.29) is 29.7 Å². The average Bonchev–Trinajstić information content (AvgIpc) is 3.18. The number of fused-ring (bicyclic) bond motifs is 1. The van der Waals surface area contributed by atoms with Crippen molar-refractivity contribution in [2.45, 2.75) is 84.6 Å². The first-order valence-corrected chi connectivity index (χ1v) is 13.4. The van der Waals surface area contributed by atoms with Gasteiger partial charge in [-0.3, -0.25) is 9.79 Å². The second kappa shape index (κ2) is 12.0. The molecule has 1 fully saturated rings. The van der Waals surface area contributed by atoms with Gasteiger partial charge in [-0.1, -0.05) is 62.3 Å². The average molecular weight is 482 g/mol. The molecule has 3 aliphatic rings. The molecule has 0 saturated heterocycles. The van der Waals surface area contributed by atoms with Crippen molar-refractivity contribution in [2.75, 3.05) is 0 Å². The topological polar surface area (TPSA) is 77.6 Å². The molecule has 5 unspecified atom stereocenters. The zero-order chi connectivity index (χ0) is 24.8. The van der Waals surface area contributed by atoms with Gasteiger partial charge in [0.25, 0.3) is 0 Å². The van der Waals surface area contributed by atoms with Gasteiger partial charge in [0.2, 0.25) is 5.88 Å². The van der Waals surface area contributed by atoms with E-state index in [1.54, 1.807) is 17.8 Å². The number of carbonyl (C=O) groups excluding carboxylic acids is 1. The Kier molecular flexibility index (Phi) is 9.31. The van der Waals surface area contributed by atoms with Gasteiger partial charge >= 0.3 is 5.97 Å². The molecule has 4 rings (SSSR count). The molecule has 5 nitrogen and oxygen atoms in total. The highest BCUT2D eigenvalue weighted by atomic mass is 32.2. The highest BCUT2D eigenvalue weighted by Gasteiger charge is 2.31. The molecule has 0 spiro atoms. The normalized spacial score (nSPS) is 29.0. The van der Waals surface area contributed by atoms with Gasteiger partial charge in [0, 0.05) is 17.8 Å². The molecular formula is C28H39N3O2S. The molecule has 1 aromatic heterocycles. The van der Waals surface area contributed by atoms with Crippen LogP contribution in [0.2, 0.25) is 0 Å². The summed E-state index contributed by atoms with van der Waals surface area (Å²) in [6, 6.07) is 4.01. The van der Waals surface area contributed by atoms with Crippen molar-refractivity contribution >= 4 is 22.8 Å². The van der Waals surface area contributed by atoms with E-state index < -0.39 is 0 Å². The van der Waals surface area contributed by atoms with Crippen molar-refractivity contribution in [1.29, 1.82) is 0 Å². The number of carbonyl (C=O) groups is 1. The van der Waals surface area contributed by atoms with E-state index in [2.05, 4.69) is 57.0 Å². The fourth-order valence-electron chi connectivity index (χ4n) is 5.00. The van der Waals surface area contributed by atoms with E-state index in [0.717, 1.165) is 35.6 Å². The van der Waals surface area contributed by atoms with Crippen LogP contribution in [0.15, 0.2) is 52.6 Å². The summed E-state index contributed by atoms with van der Waals surface area (Å²) in [6.45, 7) is 12.5. The number of hydrogen-bond acceptors (Lipinski definition) is 6. The molecule has 6 heteroatoms. The maximum atomic E-state index is 12.6. The van der Waals surface area contributed by atoms with E-state index in [9.17, 15) is 4.79 Å². The van der Waals surface area contributed by atoms with Crippen molar-refractivity contribution in [3.05, 3.63) is 58.8 Å². The van der Waals surface area contributed by atoms with Gasteiger partial charge in [-0.05, 0) is 57.4 Å². The molecule has 1 saturated carbocycles. The second-order valence-corrected chi connectivity index (χ2v) is 10.6. The lowest BCUT2D eigenvalue weighted by Crippen LogP contribution is -2.35. The first-order valence-electron chi connectivity index (χ1n) is 12.5. The number of nitrogens with zero attached hydrogens (tertiary/aromatic N) is 2. The summed E-state index contributed by atoms with van der Waals surface area (Å²) in [4.78, 5) is 22.0. The van der Waals surface area contributed by atoms with Crippen LogP contribution in [0, 0.1) is 18.8 Å². The van der Waals surface area contributed by atoms with Crippen LogP contribution in [0.1, 0.15) is 65.1 Å². The van der Waals surface area contributed by atoms with Gasteiger partial charge in [-0.15, -0.1) is 11.8 Å². The van der Waals surface area contributed by atoms with Gasteiger partial charge in [0.05, 0.1) is 22.8 Å². The van der Waals surface area contributed by atoms with Crippen molar-refractivity contribution in [3.63, 3.8) is 0 Å². The van der Waals surface area contributed by atoms with Crippen LogP contribution in [-0.2, 0) is 11.2 Å². The van der Waals surface area contributed by atoms with Crippen LogP contribution in [0.3, 0.4) is 0 Å². The van der Waals surface area contributed by atoms with Crippen LogP contribution in [0.4, 0.5) is 0 Å². The number of rotatable bonds is 5. The molecular weight excluding hydrogens is 442 g/mol. The van der Waals surface area contributed by atoms with Crippen LogP contribution in [0.25, 0.3) is 0 Å². The van der Waals surface area contributed by atoms with E-state index in [4.69, 9.17) is 15.5 Å². The summed E-state index contributed by atoms with van der Waals surface area (Å²) >= 11 is 1.65. The summed E-state index contributed by atoms with van der Waals surface area (Å²) < 4.78 is 5.61. The van der Waals surface area contributed by atoms with Crippen LogP contribution in [0.5, 0.6) is 5.88 Å². The number of pyridine rings is 1. The number of esters is 1. The van der Waals surface area contributed by atoms with Gasteiger partial charge in [-0.25, -0.2) is 4.98 Å². The summed E-state index contributed by atoms with van der Waals surface area (Å²) in [5.41, 5.74) is 11.1. The monoisotopic (exact) mass is 481 g/mol. The summed E-state index contributed by atoms with van der Waals surface area (Å²) in [7, 11) is 0. The lowest BCUT2D eigenvalue weighted by atomic mass is 9.73. The fourth-order valence-corrected chi connectivity index (χ4v) is 6.27. The Morgan fingerprint density at radius 2 is 2.03 bits per heavy atom. The quantitative estimate of drug-likeness (QED) is 0.414. The number of aliphatic imine (C=N–C) groups is 1. The number of nitrogens with two attached hydrogens (primary N) is 1. The van der Waals surface area contributed by atoms with Gasteiger partial charge in [0.1, 0.15) is 0 Å². The fraction of sp³-hybridized carbons (Fsp3) is 0.536. The molecule has 1 aliphatic heterocycles. The smallest absolute Gasteiger partial charge is 0.319 e. The first-order chi connectivity index (χ1) is 16.3. The zero-order valence-electron chi connectivity index (χ0n) is 21.4. The van der Waals surface area contributed by atoms with Crippen molar-refractivity contribution in [1.82, 2.24) is 4.98 Å². The molecule has 0 amide bonds. The molecule has 0 bridgehead atoms. The second-order valence-electron chi connectivity index (χ2n) is 9.30. The molecule has 1 aromatic rings. The predicted octanol–water partition coefficient (Wildman–Crippen LogP) is 5.97. The Hall–Kier alpha value is -2.18. The summed E-state index contributed by atoms with van der Waals surface area (Å²) in [6.07, 6.45) is 11.7. The Morgan fingerprint density at radius 3 is 2.76 bits per heavy atom. The van der Waals surface area contributed by atoms with Crippen molar-refractivity contribution < 1.29 is 9.53 Å². The highest BCUT2D eigenvalue weighted by Crippen LogP contribution is 2.36. The minimum absolute atomic E-state index is 0.122. The number of aromatic nitrogens is 1. The Labute approximate surface area is 209 Å². The predicted molar refractivity (Wildman–Crippen MR) is 143 cm³/mol. The summed E-state index contributed by atoms with van der Waals surface area (Å²) in [5, 5.41) is 1.12. The van der Waals surface area contributed by atoms with Gasteiger partial charge in [0.15, 0.2) is 0 Å². The molecule has 184 valence electrons. The molecule has 0 radical (unpaired) electrons. The third-order valence-electron chi connectivity index (χ3n) is 6.59. The van der Waals surface area contributed by atoms with E-state index in [1.807, 2.05) is 19.9 Å². The number of aryl methyl sites for hydroxylation is 1. The van der Waals surface area contributed by atoms with Crippen molar-refractivity contribution in [2.24, 2.45) is 22.6 Å². The standard InChI is InChI=1S/C26H33N3O2S.C2H6/c1-5-19-18(10-16(3)11-20(19)27)13-22-17(4)7-9-24(28-22)31-26(30)14-25-29-21-8-6-15(2)12-23(21)32-25;1-2/h5-9,12,16,18,20-21,23H,10-11,13-14,27H2,1-4H3;1-2H3/b19-5+;. The van der Waals surface area contributed by atoms with E-state index in [1.165, 1.54) is 11.1 Å². The zero-order valence-corrected chi connectivity index (χ0v) is 22.2. The largest absolute Gasteiger partial charge is 0.407 e. The first kappa shape index (κ1) is 26.4. The molecule has 0 aromatic carbocycles. The Morgan fingerprint density at radius 1 is 1.26 bits per heavy atom. The number of allylic oxidation sites excluding steroid dienone is 3. The van der Waals surface area contributed by atoms with E-state index >= 15 is 0 Å². The number of thioether (sulfide) groups is 1. The third-order valence-corrected chi connectivity index (χ3v) is 7.80. The lowest BCUT2D eigenvalue weighted by molar-refractivity contribution is -0.133. The van der Waals surface area contributed by atoms with Crippen LogP contribution < -0.4 is 10.5 Å². The maximum Gasteiger partial charge on any atom is 0.319 e. The summed E-state index contributed by atoms with van der Waals surface area (Å²) in [5.74, 6) is 1.03. The minimum Gasteiger partial charge on any atom is -0.407 e. The number of hydrogen-bond donors (Lipinski definition) is 1. The van der Waals surface area contributed by atoms with Crippen LogP contribution >= 0.6 is 11.8 Å². The lowest BCUT2D eigenvalue weighted by Gasteiger charge is -2.34.